The van der Waals surface area contributed by atoms with Crippen LogP contribution in [0.25, 0.3) is 0 Å². The van der Waals surface area contributed by atoms with Crippen molar-refractivity contribution in [2.24, 2.45) is 0 Å². The molecular weight excluding hydrogens is 335 g/mol. The topological polar surface area (TPSA) is 24.1 Å². The van der Waals surface area contributed by atoms with E-state index >= 15 is 0 Å². The highest BCUT2D eigenvalue weighted by Crippen LogP contribution is 2.22. The predicted octanol–water partition coefficient (Wildman–Crippen LogP) is 5.40. The molecular formula is C17H16Cl2N2S. The summed E-state index contributed by atoms with van der Waals surface area (Å²) in [5.74, 6) is 0.598. The van der Waals surface area contributed by atoms with E-state index in [1.54, 1.807) is 12.1 Å². The Morgan fingerprint density at radius 2 is 1.77 bits per heavy atom. The molecule has 2 aromatic carbocycles. The number of rotatable bonds is 5. The van der Waals surface area contributed by atoms with Gasteiger partial charge in [-0.1, -0.05) is 67.1 Å². The number of aryl methyl sites for hydroxylation is 1. The molecule has 0 heterocycles. The average Bonchev–Trinajstić information content (AvgIpc) is 2.50. The highest BCUT2D eigenvalue weighted by Gasteiger charge is 2.06. The van der Waals surface area contributed by atoms with Gasteiger partial charge in [0, 0.05) is 11.3 Å². The summed E-state index contributed by atoms with van der Waals surface area (Å²) in [6.45, 7) is 6.05. The van der Waals surface area contributed by atoms with Gasteiger partial charge in [-0.2, -0.15) is 0 Å². The standard InChI is InChI=1S/C17H16Cl2N2S/c1-3-12-4-7-14(8-5-12)20-11(2)21-17(22)13-6-9-15(18)16(19)10-13/h4-10,20H,2-3H2,1H3,(H,21,22). The van der Waals surface area contributed by atoms with E-state index in [0.29, 0.717) is 20.9 Å². The zero-order valence-electron chi connectivity index (χ0n) is 12.1. The third kappa shape index (κ3) is 4.47. The molecule has 2 nitrogen and oxygen atoms in total. The second-order valence-electron chi connectivity index (χ2n) is 4.74. The third-order valence-electron chi connectivity index (χ3n) is 3.10. The largest absolute Gasteiger partial charge is 0.342 e. The van der Waals surface area contributed by atoms with Crippen molar-refractivity contribution in [2.75, 3.05) is 5.32 Å². The van der Waals surface area contributed by atoms with Crippen LogP contribution in [-0.4, -0.2) is 4.99 Å². The van der Waals surface area contributed by atoms with E-state index in [4.69, 9.17) is 35.4 Å². The van der Waals surface area contributed by atoms with E-state index < -0.39 is 0 Å². The molecule has 0 spiro atoms. The smallest absolute Gasteiger partial charge is 0.112 e. The highest BCUT2D eigenvalue weighted by molar-refractivity contribution is 7.80. The third-order valence-corrected chi connectivity index (χ3v) is 4.18. The summed E-state index contributed by atoms with van der Waals surface area (Å²) in [5, 5.41) is 7.18. The van der Waals surface area contributed by atoms with Gasteiger partial charge in [0.1, 0.15) is 10.8 Å². The van der Waals surface area contributed by atoms with E-state index in [1.165, 1.54) is 5.56 Å². The first-order chi connectivity index (χ1) is 10.5. The van der Waals surface area contributed by atoms with Crippen LogP contribution in [0.1, 0.15) is 18.1 Å². The molecule has 2 N–H and O–H groups in total. The number of benzene rings is 2. The maximum atomic E-state index is 6.00. The molecule has 2 aromatic rings. The van der Waals surface area contributed by atoms with Crippen LogP contribution in [0, 0.1) is 0 Å². The Bertz CT molecular complexity index is 696. The van der Waals surface area contributed by atoms with Gasteiger partial charge in [0.05, 0.1) is 10.0 Å². The number of hydrogen-bond donors (Lipinski definition) is 2. The van der Waals surface area contributed by atoms with Gasteiger partial charge >= 0.3 is 0 Å². The number of anilines is 1. The minimum Gasteiger partial charge on any atom is -0.342 e. The lowest BCUT2D eigenvalue weighted by atomic mass is 10.1. The zero-order valence-corrected chi connectivity index (χ0v) is 14.4. The van der Waals surface area contributed by atoms with E-state index in [9.17, 15) is 0 Å². The van der Waals surface area contributed by atoms with Gasteiger partial charge < -0.3 is 10.6 Å². The van der Waals surface area contributed by atoms with Crippen LogP contribution in [0.15, 0.2) is 54.9 Å². The van der Waals surface area contributed by atoms with E-state index in [2.05, 4.69) is 36.3 Å². The van der Waals surface area contributed by atoms with Crippen LogP contribution in [0.3, 0.4) is 0 Å². The fraction of sp³-hybridized carbons (Fsp3) is 0.118. The van der Waals surface area contributed by atoms with Gasteiger partial charge in [-0.25, -0.2) is 0 Å². The zero-order chi connectivity index (χ0) is 16.1. The summed E-state index contributed by atoms with van der Waals surface area (Å²) in [6, 6.07) is 13.4. The maximum Gasteiger partial charge on any atom is 0.112 e. The van der Waals surface area contributed by atoms with Gasteiger partial charge in [-0.05, 0) is 36.2 Å². The first-order valence-corrected chi connectivity index (χ1v) is 7.97. The van der Waals surface area contributed by atoms with Crippen LogP contribution < -0.4 is 10.6 Å². The second-order valence-corrected chi connectivity index (χ2v) is 5.96. The minimum absolute atomic E-state index is 0.469. The lowest BCUT2D eigenvalue weighted by molar-refractivity contribution is 1.13. The van der Waals surface area contributed by atoms with Gasteiger partial charge in [0.2, 0.25) is 0 Å². The molecule has 0 fully saturated rings. The summed E-state index contributed by atoms with van der Waals surface area (Å²) in [4.78, 5) is 0.529. The van der Waals surface area contributed by atoms with Crippen molar-refractivity contribution < 1.29 is 0 Å². The van der Waals surface area contributed by atoms with E-state index in [-0.39, 0.29) is 0 Å². The van der Waals surface area contributed by atoms with Crippen LogP contribution >= 0.6 is 35.4 Å². The monoisotopic (exact) mass is 350 g/mol. The van der Waals surface area contributed by atoms with Gasteiger partial charge in [-0.3, -0.25) is 0 Å². The first kappa shape index (κ1) is 16.8. The molecule has 0 bridgehead atoms. The molecule has 0 unspecified atom stereocenters. The number of thiocarbonyl (C=S) groups is 1. The van der Waals surface area contributed by atoms with Crippen molar-refractivity contribution in [3.63, 3.8) is 0 Å². The summed E-state index contributed by atoms with van der Waals surface area (Å²) >= 11 is 17.2. The van der Waals surface area contributed by atoms with Crippen molar-refractivity contribution in [3.05, 3.63) is 76.0 Å². The van der Waals surface area contributed by atoms with Gasteiger partial charge in [0.15, 0.2) is 0 Å². The van der Waals surface area contributed by atoms with Crippen LogP contribution in [0.5, 0.6) is 0 Å². The Balaban J connectivity index is 1.98. The Morgan fingerprint density at radius 1 is 1.09 bits per heavy atom. The van der Waals surface area contributed by atoms with Crippen molar-refractivity contribution >= 4 is 46.1 Å². The second kappa shape index (κ2) is 7.63. The quantitative estimate of drug-likeness (QED) is 0.705. The van der Waals surface area contributed by atoms with Crippen LogP contribution in [-0.2, 0) is 6.42 Å². The summed E-state index contributed by atoms with van der Waals surface area (Å²) in [7, 11) is 0. The molecule has 0 radical (unpaired) electrons. The Labute approximate surface area is 146 Å². The molecule has 5 heteroatoms. The summed E-state index contributed by atoms with van der Waals surface area (Å²) in [6.07, 6.45) is 1.01. The molecule has 0 aliphatic carbocycles. The molecule has 0 amide bonds. The fourth-order valence-electron chi connectivity index (χ4n) is 1.88. The lowest BCUT2D eigenvalue weighted by Gasteiger charge is -2.14. The van der Waals surface area contributed by atoms with Gasteiger partial charge in [-0.15, -0.1) is 0 Å². The summed E-state index contributed by atoms with van der Waals surface area (Å²) < 4.78 is 0. The minimum atomic E-state index is 0.469. The summed E-state index contributed by atoms with van der Waals surface area (Å²) in [5.41, 5.74) is 3.02. The average molecular weight is 351 g/mol. The molecule has 0 aromatic heterocycles. The lowest BCUT2D eigenvalue weighted by Crippen LogP contribution is -2.25. The van der Waals surface area contributed by atoms with Crippen molar-refractivity contribution in [1.29, 1.82) is 0 Å². The number of halogens is 2. The Hall–Kier alpha value is -1.55. The Morgan fingerprint density at radius 3 is 2.36 bits per heavy atom. The molecule has 114 valence electrons. The normalized spacial score (nSPS) is 10.1. The molecule has 0 saturated heterocycles. The molecule has 0 aliphatic heterocycles. The first-order valence-electron chi connectivity index (χ1n) is 6.81. The highest BCUT2D eigenvalue weighted by atomic mass is 35.5. The van der Waals surface area contributed by atoms with Crippen molar-refractivity contribution in [2.45, 2.75) is 13.3 Å². The molecule has 2 rings (SSSR count). The Kier molecular flexibility index (Phi) is 5.83. The molecule has 22 heavy (non-hydrogen) atoms. The SMILES string of the molecule is C=C(NC(=S)c1ccc(Cl)c(Cl)c1)Nc1ccc(CC)cc1. The fourth-order valence-corrected chi connectivity index (χ4v) is 2.42. The van der Waals surface area contributed by atoms with E-state index in [0.717, 1.165) is 17.7 Å². The number of hydrogen-bond acceptors (Lipinski definition) is 2. The predicted molar refractivity (Wildman–Crippen MR) is 99.9 cm³/mol. The molecule has 0 aliphatic rings. The van der Waals surface area contributed by atoms with E-state index in [1.807, 2.05) is 18.2 Å². The van der Waals surface area contributed by atoms with Crippen molar-refractivity contribution in [1.82, 2.24) is 5.32 Å². The maximum absolute atomic E-state index is 6.00. The molecule has 0 saturated carbocycles. The van der Waals surface area contributed by atoms with Crippen LogP contribution in [0.4, 0.5) is 5.69 Å². The number of nitrogens with one attached hydrogen (secondary N) is 2. The van der Waals surface area contributed by atoms with Gasteiger partial charge in [0.25, 0.3) is 0 Å². The van der Waals surface area contributed by atoms with Crippen LogP contribution in [0.2, 0.25) is 10.0 Å². The van der Waals surface area contributed by atoms with Crippen molar-refractivity contribution in [3.8, 4) is 0 Å². The molecule has 0 atom stereocenters.